The molecule has 2 aliphatic rings. The van der Waals surface area contributed by atoms with Gasteiger partial charge in [0.05, 0.1) is 46.6 Å². The Hall–Kier alpha value is -5.00. The number of hydrogen-bond acceptors (Lipinski definition) is 12. The summed E-state index contributed by atoms with van der Waals surface area (Å²) in [5, 5.41) is 62.2. The van der Waals surface area contributed by atoms with Crippen LogP contribution in [-0.4, -0.2) is 44.9 Å². The molecule has 2 aliphatic carbocycles. The number of phenols is 5. The van der Waals surface area contributed by atoms with Crippen LogP contribution < -0.4 is 31.2 Å². The van der Waals surface area contributed by atoms with Crippen molar-refractivity contribution in [3.63, 3.8) is 0 Å². The third kappa shape index (κ3) is 3.09. The maximum Gasteiger partial charge on any atom is 0.238 e. The van der Waals surface area contributed by atoms with Gasteiger partial charge in [-0.2, -0.15) is 0 Å². The average molecular weight is 526 g/mol. The monoisotopic (exact) mass is 526 g/mol. The summed E-state index contributed by atoms with van der Waals surface area (Å²) in [5.74, 6) is -6.97. The Kier molecular flexibility index (Phi) is 6.06. The molecule has 0 heterocycles. The van der Waals surface area contributed by atoms with Crippen molar-refractivity contribution in [2.24, 2.45) is 0 Å². The number of aromatic hydroxyl groups is 6. The van der Waals surface area contributed by atoms with Crippen LogP contribution in [0.5, 0.6) is 46.0 Å². The second-order valence-electron chi connectivity index (χ2n) is 8.39. The number of fused-ring (bicyclic) bond motifs is 1. The molecule has 2 aromatic carbocycles. The Balaban J connectivity index is 2.36. The van der Waals surface area contributed by atoms with Gasteiger partial charge >= 0.3 is 0 Å². The summed E-state index contributed by atoms with van der Waals surface area (Å²) in [6.45, 7) is 3.09. The summed E-state index contributed by atoms with van der Waals surface area (Å²) < 4.78 is 10.0. The van der Waals surface area contributed by atoms with Gasteiger partial charge in [0.2, 0.25) is 16.3 Å². The smallest absolute Gasteiger partial charge is 0.238 e. The van der Waals surface area contributed by atoms with E-state index in [1.807, 2.05) is 0 Å². The van der Waals surface area contributed by atoms with Gasteiger partial charge in [0, 0.05) is 11.1 Å². The van der Waals surface area contributed by atoms with E-state index in [1.54, 1.807) is 6.92 Å². The van der Waals surface area contributed by atoms with Crippen LogP contribution in [0.3, 0.4) is 0 Å². The number of hydrogen-bond donors (Lipinski definition) is 6. The van der Waals surface area contributed by atoms with Crippen LogP contribution >= 0.6 is 0 Å². The molecule has 0 spiro atoms. The quantitative estimate of drug-likeness (QED) is 0.122. The third-order valence-corrected chi connectivity index (χ3v) is 6.63. The molecule has 2 aromatic rings. The van der Waals surface area contributed by atoms with Gasteiger partial charge in [-0.15, -0.1) is 0 Å². The van der Waals surface area contributed by atoms with E-state index in [0.29, 0.717) is 0 Å². The number of rotatable bonds is 5. The van der Waals surface area contributed by atoms with Crippen LogP contribution in [0.15, 0.2) is 19.2 Å². The molecule has 0 bridgehead atoms. The van der Waals surface area contributed by atoms with Crippen molar-refractivity contribution in [3.05, 3.63) is 62.5 Å². The van der Waals surface area contributed by atoms with Crippen LogP contribution in [0.1, 0.15) is 25.0 Å². The first kappa shape index (κ1) is 26.1. The predicted molar refractivity (Wildman–Crippen MR) is 134 cm³/mol. The highest BCUT2D eigenvalue weighted by Crippen LogP contribution is 2.58. The lowest BCUT2D eigenvalue weighted by Gasteiger charge is -2.19. The van der Waals surface area contributed by atoms with Crippen LogP contribution in [0.2, 0.25) is 0 Å². The molecule has 12 heteroatoms. The number of benzene rings is 2. The lowest BCUT2D eigenvalue weighted by Crippen LogP contribution is -2.34. The van der Waals surface area contributed by atoms with Gasteiger partial charge in [-0.05, 0) is 12.8 Å². The first-order chi connectivity index (χ1) is 17.9. The number of ether oxygens (including phenoxy) is 2. The Morgan fingerprint density at radius 2 is 1.05 bits per heavy atom. The van der Waals surface area contributed by atoms with E-state index in [2.05, 4.69) is 0 Å². The lowest BCUT2D eigenvalue weighted by molar-refractivity contribution is 0.363. The van der Waals surface area contributed by atoms with Crippen molar-refractivity contribution < 1.29 is 40.1 Å². The van der Waals surface area contributed by atoms with Crippen LogP contribution in [0, 0.1) is 10.4 Å². The minimum absolute atomic E-state index is 0.0176. The minimum atomic E-state index is -1.60. The fraction of sp³-hybridized carbons (Fsp3) is 0.231. The van der Waals surface area contributed by atoms with Crippen molar-refractivity contribution in [2.75, 3.05) is 14.2 Å². The van der Waals surface area contributed by atoms with Gasteiger partial charge in [-0.3, -0.25) is 19.2 Å². The van der Waals surface area contributed by atoms with Gasteiger partial charge in [0.15, 0.2) is 34.2 Å². The zero-order valence-corrected chi connectivity index (χ0v) is 20.5. The van der Waals surface area contributed by atoms with E-state index < -0.39 is 94.3 Å². The molecule has 0 fully saturated rings. The minimum Gasteiger partial charge on any atom is -0.507 e. The van der Waals surface area contributed by atoms with E-state index in [4.69, 9.17) is 9.47 Å². The highest BCUT2D eigenvalue weighted by atomic mass is 16.5. The first-order valence-electron chi connectivity index (χ1n) is 11.3. The Labute approximate surface area is 211 Å². The van der Waals surface area contributed by atoms with Gasteiger partial charge in [0.25, 0.3) is 0 Å². The maximum atomic E-state index is 13.2. The highest BCUT2D eigenvalue weighted by molar-refractivity contribution is 6.10. The Morgan fingerprint density at radius 1 is 0.500 bits per heavy atom. The largest absolute Gasteiger partial charge is 0.507 e. The van der Waals surface area contributed by atoms with E-state index in [-0.39, 0.29) is 29.7 Å². The molecule has 0 aromatic heterocycles. The second kappa shape index (κ2) is 8.83. The molecule has 6 N–H and O–H groups in total. The molecule has 4 rings (SSSR count). The predicted octanol–water partition coefficient (Wildman–Crippen LogP) is 0.924. The third-order valence-electron chi connectivity index (χ3n) is 6.63. The molecule has 38 heavy (non-hydrogen) atoms. The fourth-order valence-corrected chi connectivity index (χ4v) is 4.87. The molecular weight excluding hydrogens is 504 g/mol. The zero-order chi connectivity index (χ0) is 28.4. The van der Waals surface area contributed by atoms with Crippen molar-refractivity contribution in [1.29, 1.82) is 0 Å². The van der Waals surface area contributed by atoms with Gasteiger partial charge in [0.1, 0.15) is 17.2 Å². The Morgan fingerprint density at radius 3 is 1.58 bits per heavy atom. The SMILES string of the molecule is CCc1c(OC)c(O)c2c(O)c(O)c(-c3c(O)c4c(=O)c(CC)c(OC)c(=O)c=4c(=O)c3=O)c(O)c2c1O. The van der Waals surface area contributed by atoms with E-state index >= 15 is 0 Å². The molecule has 0 amide bonds. The lowest BCUT2D eigenvalue weighted by atomic mass is 9.91. The van der Waals surface area contributed by atoms with Crippen molar-refractivity contribution in [1.82, 2.24) is 0 Å². The molecule has 0 unspecified atom stereocenters. The van der Waals surface area contributed by atoms with Gasteiger partial charge < -0.3 is 40.1 Å². The van der Waals surface area contributed by atoms with Crippen molar-refractivity contribution >= 4 is 10.8 Å². The molecule has 12 nitrogen and oxygen atoms in total. The second-order valence-corrected chi connectivity index (χ2v) is 8.39. The summed E-state index contributed by atoms with van der Waals surface area (Å²) in [7, 11) is 2.26. The topological polar surface area (TPSA) is 208 Å². The maximum absolute atomic E-state index is 13.2. The average Bonchev–Trinajstić information content (AvgIpc) is 2.89. The van der Waals surface area contributed by atoms with Crippen LogP contribution in [0.25, 0.3) is 21.9 Å². The highest BCUT2D eigenvalue weighted by Gasteiger charge is 2.33. The molecule has 198 valence electrons. The molecule has 0 aliphatic heterocycles. The molecule has 0 radical (unpaired) electrons. The first-order valence-corrected chi connectivity index (χ1v) is 11.3. The summed E-state index contributed by atoms with van der Waals surface area (Å²) in [6, 6.07) is 0. The summed E-state index contributed by atoms with van der Waals surface area (Å²) in [6.07, 6.45) is 0.0123. The normalized spacial score (nSPS) is 11.4. The Bertz CT molecular complexity index is 1950. The summed E-state index contributed by atoms with van der Waals surface area (Å²) >= 11 is 0. The van der Waals surface area contributed by atoms with Gasteiger partial charge in [-0.1, -0.05) is 13.8 Å². The van der Waals surface area contributed by atoms with Gasteiger partial charge in [-0.25, -0.2) is 0 Å². The molecular formula is C26H22O12. The molecule has 0 saturated heterocycles. The molecule has 0 saturated carbocycles. The van der Waals surface area contributed by atoms with Crippen LogP contribution in [-0.2, 0) is 12.8 Å². The van der Waals surface area contributed by atoms with E-state index in [9.17, 15) is 49.8 Å². The van der Waals surface area contributed by atoms with E-state index in [1.165, 1.54) is 14.0 Å². The number of methoxy groups -OCH3 is 2. The standard InChI is InChI=1S/C26H22O12/c1-5-7-15(27)9-13(23(35)25(7)37-3)21(33)19(31)11(17(9)29)12-18(30)10-14(22(34)20(12)32)24(36)26(38-4)8(6-2)16(10)28/h27,29-31,33,35H,5-6H2,1-4H3. The zero-order valence-electron chi connectivity index (χ0n) is 20.5. The van der Waals surface area contributed by atoms with Crippen molar-refractivity contribution in [2.45, 2.75) is 26.7 Å². The summed E-state index contributed by atoms with van der Waals surface area (Å²) in [5.41, 5.74) is -7.58. The summed E-state index contributed by atoms with van der Waals surface area (Å²) in [4.78, 5) is 52.3. The molecule has 0 atom stereocenters. The fourth-order valence-electron chi connectivity index (χ4n) is 4.87. The van der Waals surface area contributed by atoms with Crippen molar-refractivity contribution in [3.8, 4) is 57.1 Å². The number of phenolic OH excluding ortho intramolecular Hbond substituents is 5. The van der Waals surface area contributed by atoms with E-state index in [0.717, 1.165) is 7.11 Å². The van der Waals surface area contributed by atoms with Crippen LogP contribution in [0.4, 0.5) is 0 Å².